The number of thiazole rings is 1. The van der Waals surface area contributed by atoms with Crippen LogP contribution in [-0.4, -0.2) is 15.1 Å². The van der Waals surface area contributed by atoms with Crippen molar-refractivity contribution in [2.45, 2.75) is 32.7 Å². The van der Waals surface area contributed by atoms with E-state index in [9.17, 15) is 0 Å². The van der Waals surface area contributed by atoms with Crippen LogP contribution in [0.3, 0.4) is 0 Å². The SMILES string of the molecule is CC(C)(C)c1ncsc1-c1nc(-c2ccc(CN)cc2)no1. The number of hydrogen-bond acceptors (Lipinski definition) is 6. The monoisotopic (exact) mass is 314 g/mol. The van der Waals surface area contributed by atoms with Crippen LogP contribution in [0.1, 0.15) is 32.0 Å². The molecule has 0 bridgehead atoms. The first-order valence-electron chi connectivity index (χ1n) is 7.06. The third-order valence-electron chi connectivity index (χ3n) is 3.35. The Morgan fingerprint density at radius 1 is 1.18 bits per heavy atom. The fourth-order valence-electron chi connectivity index (χ4n) is 2.16. The highest BCUT2D eigenvalue weighted by Crippen LogP contribution is 2.35. The number of benzene rings is 1. The molecule has 22 heavy (non-hydrogen) atoms. The second-order valence-corrected chi connectivity index (χ2v) is 6.96. The van der Waals surface area contributed by atoms with E-state index in [1.807, 2.05) is 29.8 Å². The Bertz CT molecular complexity index is 768. The second kappa shape index (κ2) is 5.62. The van der Waals surface area contributed by atoms with Crippen LogP contribution in [0.15, 0.2) is 34.3 Å². The molecule has 6 heteroatoms. The first-order valence-corrected chi connectivity index (χ1v) is 7.94. The molecular formula is C16H18N4OS. The lowest BCUT2D eigenvalue weighted by Gasteiger charge is -2.16. The van der Waals surface area contributed by atoms with Gasteiger partial charge in [0.25, 0.3) is 5.89 Å². The summed E-state index contributed by atoms with van der Waals surface area (Å²) < 4.78 is 5.44. The molecule has 0 atom stereocenters. The van der Waals surface area contributed by atoms with E-state index in [-0.39, 0.29) is 5.41 Å². The molecule has 1 aromatic carbocycles. The van der Waals surface area contributed by atoms with Crippen molar-refractivity contribution in [3.05, 3.63) is 41.0 Å². The zero-order valence-electron chi connectivity index (χ0n) is 12.8. The molecule has 2 heterocycles. The lowest BCUT2D eigenvalue weighted by Crippen LogP contribution is -2.12. The molecule has 0 unspecified atom stereocenters. The zero-order chi connectivity index (χ0) is 15.7. The van der Waals surface area contributed by atoms with Crippen molar-refractivity contribution in [2.75, 3.05) is 0 Å². The minimum atomic E-state index is -0.0628. The van der Waals surface area contributed by atoms with Crippen molar-refractivity contribution in [3.63, 3.8) is 0 Å². The van der Waals surface area contributed by atoms with Gasteiger partial charge in [-0.2, -0.15) is 4.98 Å². The van der Waals surface area contributed by atoms with Crippen LogP contribution in [0, 0.1) is 0 Å². The van der Waals surface area contributed by atoms with Crippen molar-refractivity contribution < 1.29 is 4.52 Å². The van der Waals surface area contributed by atoms with Gasteiger partial charge in [-0.15, -0.1) is 11.3 Å². The number of rotatable bonds is 3. The molecule has 0 saturated carbocycles. The van der Waals surface area contributed by atoms with E-state index in [0.717, 1.165) is 21.7 Å². The van der Waals surface area contributed by atoms with E-state index in [1.54, 1.807) is 0 Å². The third-order valence-corrected chi connectivity index (χ3v) is 4.16. The molecule has 0 radical (unpaired) electrons. The molecule has 0 aliphatic rings. The average molecular weight is 314 g/mol. The van der Waals surface area contributed by atoms with Gasteiger partial charge in [-0.25, -0.2) is 4.98 Å². The molecule has 3 rings (SSSR count). The van der Waals surface area contributed by atoms with E-state index >= 15 is 0 Å². The molecule has 114 valence electrons. The summed E-state index contributed by atoms with van der Waals surface area (Å²) in [6.45, 7) is 6.88. The quantitative estimate of drug-likeness (QED) is 0.799. The van der Waals surface area contributed by atoms with E-state index in [2.05, 4.69) is 35.9 Å². The Morgan fingerprint density at radius 3 is 2.55 bits per heavy atom. The van der Waals surface area contributed by atoms with Gasteiger partial charge in [0.1, 0.15) is 4.88 Å². The Balaban J connectivity index is 1.95. The van der Waals surface area contributed by atoms with E-state index < -0.39 is 0 Å². The smallest absolute Gasteiger partial charge is 0.270 e. The van der Waals surface area contributed by atoms with Gasteiger partial charge in [-0.3, -0.25) is 0 Å². The highest BCUT2D eigenvalue weighted by molar-refractivity contribution is 7.13. The van der Waals surface area contributed by atoms with Crippen molar-refractivity contribution in [3.8, 4) is 22.2 Å². The van der Waals surface area contributed by atoms with Gasteiger partial charge in [0.05, 0.1) is 11.2 Å². The predicted octanol–water partition coefficient (Wildman–Crippen LogP) is 3.62. The summed E-state index contributed by atoms with van der Waals surface area (Å²) in [5.74, 6) is 1.09. The highest BCUT2D eigenvalue weighted by atomic mass is 32.1. The number of nitrogens with two attached hydrogens (primary N) is 1. The first kappa shape index (κ1) is 14.9. The Morgan fingerprint density at radius 2 is 1.91 bits per heavy atom. The largest absolute Gasteiger partial charge is 0.333 e. The molecule has 0 spiro atoms. The fraction of sp³-hybridized carbons (Fsp3) is 0.312. The normalized spacial score (nSPS) is 11.8. The molecule has 2 N–H and O–H groups in total. The molecule has 0 amide bonds. The van der Waals surface area contributed by atoms with E-state index in [0.29, 0.717) is 18.3 Å². The molecule has 0 saturated heterocycles. The lowest BCUT2D eigenvalue weighted by molar-refractivity contribution is 0.431. The van der Waals surface area contributed by atoms with Gasteiger partial charge in [0.15, 0.2) is 0 Å². The third kappa shape index (κ3) is 2.80. The summed E-state index contributed by atoms with van der Waals surface area (Å²) in [6, 6.07) is 7.85. The van der Waals surface area contributed by atoms with Crippen molar-refractivity contribution >= 4 is 11.3 Å². The second-order valence-electron chi connectivity index (χ2n) is 6.10. The van der Waals surface area contributed by atoms with Gasteiger partial charge < -0.3 is 10.3 Å². The predicted molar refractivity (Wildman–Crippen MR) is 87.4 cm³/mol. The summed E-state index contributed by atoms with van der Waals surface area (Å²) in [6.07, 6.45) is 0. The van der Waals surface area contributed by atoms with Crippen molar-refractivity contribution in [1.82, 2.24) is 15.1 Å². The topological polar surface area (TPSA) is 77.8 Å². The highest BCUT2D eigenvalue weighted by Gasteiger charge is 2.25. The molecule has 0 aliphatic heterocycles. The number of aromatic nitrogens is 3. The standard InChI is InChI=1S/C16H18N4OS/c1-16(2,3)13-12(22-9-18-13)15-19-14(20-21-15)11-6-4-10(8-17)5-7-11/h4-7,9H,8,17H2,1-3H3. The molecular weight excluding hydrogens is 296 g/mol. The Labute approximate surface area is 133 Å². The van der Waals surface area contributed by atoms with Gasteiger partial charge in [-0.05, 0) is 5.56 Å². The van der Waals surface area contributed by atoms with Gasteiger partial charge >= 0.3 is 0 Å². The van der Waals surface area contributed by atoms with Crippen LogP contribution in [-0.2, 0) is 12.0 Å². The van der Waals surface area contributed by atoms with E-state index in [1.165, 1.54) is 11.3 Å². The summed E-state index contributed by atoms with van der Waals surface area (Å²) in [7, 11) is 0. The maximum Gasteiger partial charge on any atom is 0.270 e. The zero-order valence-corrected chi connectivity index (χ0v) is 13.6. The van der Waals surface area contributed by atoms with Crippen LogP contribution in [0.2, 0.25) is 0 Å². The maximum atomic E-state index is 5.61. The molecule has 3 aromatic rings. The van der Waals surface area contributed by atoms with Crippen LogP contribution in [0.5, 0.6) is 0 Å². The van der Waals surface area contributed by atoms with Gasteiger partial charge in [0, 0.05) is 17.5 Å². The number of hydrogen-bond donors (Lipinski definition) is 1. The maximum absolute atomic E-state index is 5.61. The molecule has 2 aromatic heterocycles. The van der Waals surface area contributed by atoms with Crippen LogP contribution in [0.4, 0.5) is 0 Å². The van der Waals surface area contributed by atoms with Crippen LogP contribution < -0.4 is 5.73 Å². The van der Waals surface area contributed by atoms with Crippen LogP contribution >= 0.6 is 11.3 Å². The Kier molecular flexibility index (Phi) is 3.80. The lowest BCUT2D eigenvalue weighted by atomic mass is 9.91. The van der Waals surface area contributed by atoms with Crippen molar-refractivity contribution in [2.24, 2.45) is 5.73 Å². The van der Waals surface area contributed by atoms with E-state index in [4.69, 9.17) is 10.3 Å². The first-order chi connectivity index (χ1) is 10.5. The fourth-order valence-corrected chi connectivity index (χ4v) is 3.07. The van der Waals surface area contributed by atoms with Gasteiger partial charge in [-0.1, -0.05) is 50.2 Å². The minimum absolute atomic E-state index is 0.0628. The minimum Gasteiger partial charge on any atom is -0.333 e. The number of nitrogens with zero attached hydrogens (tertiary/aromatic N) is 3. The Hall–Kier alpha value is -2.05. The summed E-state index contributed by atoms with van der Waals surface area (Å²) >= 11 is 1.52. The van der Waals surface area contributed by atoms with Gasteiger partial charge in [0.2, 0.25) is 5.82 Å². The average Bonchev–Trinajstić information content (AvgIpc) is 3.15. The summed E-state index contributed by atoms with van der Waals surface area (Å²) in [5.41, 5.74) is 10.3. The molecule has 5 nitrogen and oxygen atoms in total. The summed E-state index contributed by atoms with van der Waals surface area (Å²) in [4.78, 5) is 9.89. The van der Waals surface area contributed by atoms with Crippen molar-refractivity contribution in [1.29, 1.82) is 0 Å². The molecule has 0 fully saturated rings. The molecule has 0 aliphatic carbocycles. The van der Waals surface area contributed by atoms with Crippen LogP contribution in [0.25, 0.3) is 22.2 Å². The summed E-state index contributed by atoms with van der Waals surface area (Å²) in [5, 5.41) is 4.08.